The number of benzene rings is 1. The molecule has 0 bridgehead atoms. The number of hydrogen-bond donors (Lipinski definition) is 2. The van der Waals surface area contributed by atoms with Crippen molar-refractivity contribution < 1.29 is 13.9 Å². The van der Waals surface area contributed by atoms with E-state index in [0.717, 1.165) is 18.6 Å². The van der Waals surface area contributed by atoms with Crippen molar-refractivity contribution in [2.75, 3.05) is 10.6 Å². The highest BCUT2D eigenvalue weighted by molar-refractivity contribution is 5.88. The van der Waals surface area contributed by atoms with E-state index in [1.165, 1.54) is 13.1 Å². The van der Waals surface area contributed by atoms with Crippen molar-refractivity contribution in [3.05, 3.63) is 42.4 Å². The SMILES string of the molecule is CC(=O)Nc1ccc(Oc2nncc(Nc3ncc(C4CC4)o3)n2)cc1. The maximum absolute atomic E-state index is 11.0. The summed E-state index contributed by atoms with van der Waals surface area (Å²) >= 11 is 0. The summed E-state index contributed by atoms with van der Waals surface area (Å²) in [5.74, 6) is 2.16. The lowest BCUT2D eigenvalue weighted by Gasteiger charge is -2.06. The lowest BCUT2D eigenvalue weighted by Crippen LogP contribution is -2.05. The van der Waals surface area contributed by atoms with Crippen LogP contribution in [0.25, 0.3) is 0 Å². The Morgan fingerprint density at radius 2 is 2.04 bits per heavy atom. The van der Waals surface area contributed by atoms with Gasteiger partial charge in [-0.2, -0.15) is 10.1 Å². The van der Waals surface area contributed by atoms with Gasteiger partial charge in [0, 0.05) is 18.5 Å². The molecule has 9 heteroatoms. The van der Waals surface area contributed by atoms with Gasteiger partial charge in [-0.15, -0.1) is 0 Å². The quantitative estimate of drug-likeness (QED) is 0.695. The van der Waals surface area contributed by atoms with E-state index in [-0.39, 0.29) is 11.9 Å². The van der Waals surface area contributed by atoms with Crippen LogP contribution in [0.1, 0.15) is 31.4 Å². The summed E-state index contributed by atoms with van der Waals surface area (Å²) in [6.45, 7) is 1.45. The molecule has 0 aliphatic heterocycles. The lowest BCUT2D eigenvalue weighted by molar-refractivity contribution is -0.114. The summed E-state index contributed by atoms with van der Waals surface area (Å²) in [4.78, 5) is 19.4. The number of nitrogens with zero attached hydrogens (tertiary/aromatic N) is 4. The molecule has 1 aromatic carbocycles. The normalized spacial score (nSPS) is 13.3. The van der Waals surface area contributed by atoms with Crippen LogP contribution in [0, 0.1) is 0 Å². The van der Waals surface area contributed by atoms with Gasteiger partial charge in [-0.05, 0) is 37.1 Å². The predicted molar refractivity (Wildman–Crippen MR) is 92.4 cm³/mol. The Bertz CT molecular complexity index is 920. The molecule has 0 atom stereocenters. The van der Waals surface area contributed by atoms with Crippen molar-refractivity contribution in [3.8, 4) is 11.8 Å². The van der Waals surface area contributed by atoms with E-state index in [1.54, 1.807) is 30.5 Å². The van der Waals surface area contributed by atoms with E-state index in [0.29, 0.717) is 29.2 Å². The van der Waals surface area contributed by atoms with Crippen molar-refractivity contribution in [1.29, 1.82) is 0 Å². The number of ether oxygens (including phenoxy) is 1. The smallest absolute Gasteiger partial charge is 0.343 e. The van der Waals surface area contributed by atoms with E-state index < -0.39 is 0 Å². The van der Waals surface area contributed by atoms with Crippen molar-refractivity contribution in [1.82, 2.24) is 20.2 Å². The highest BCUT2D eigenvalue weighted by Gasteiger charge is 2.27. The molecule has 4 rings (SSSR count). The van der Waals surface area contributed by atoms with Crippen LogP contribution in [0.4, 0.5) is 17.5 Å². The average Bonchev–Trinajstić information content (AvgIpc) is 3.37. The lowest BCUT2D eigenvalue weighted by atomic mass is 10.3. The molecule has 1 aliphatic rings. The van der Waals surface area contributed by atoms with Gasteiger partial charge in [0.25, 0.3) is 0 Å². The summed E-state index contributed by atoms with van der Waals surface area (Å²) in [5, 5.41) is 13.3. The third-order valence-electron chi connectivity index (χ3n) is 3.66. The summed E-state index contributed by atoms with van der Waals surface area (Å²) in [6.07, 6.45) is 5.46. The van der Waals surface area contributed by atoms with E-state index in [1.807, 2.05) is 0 Å². The van der Waals surface area contributed by atoms with Crippen LogP contribution in [-0.4, -0.2) is 26.1 Å². The topological polar surface area (TPSA) is 115 Å². The highest BCUT2D eigenvalue weighted by Crippen LogP contribution is 2.40. The number of carbonyl (C=O) groups is 1. The largest absolute Gasteiger partial charge is 0.428 e. The minimum Gasteiger partial charge on any atom is -0.428 e. The molecule has 2 aromatic heterocycles. The number of oxazole rings is 1. The van der Waals surface area contributed by atoms with Crippen LogP contribution in [0.3, 0.4) is 0 Å². The molecule has 0 saturated heterocycles. The zero-order chi connectivity index (χ0) is 17.9. The first kappa shape index (κ1) is 16.0. The summed E-state index contributed by atoms with van der Waals surface area (Å²) in [7, 11) is 0. The van der Waals surface area contributed by atoms with Crippen LogP contribution < -0.4 is 15.4 Å². The van der Waals surface area contributed by atoms with E-state index in [9.17, 15) is 4.79 Å². The van der Waals surface area contributed by atoms with Gasteiger partial charge < -0.3 is 14.5 Å². The molecule has 0 unspecified atom stereocenters. The molecule has 0 radical (unpaired) electrons. The number of aromatic nitrogens is 4. The maximum Gasteiger partial charge on any atom is 0.343 e. The molecular weight excluding hydrogens is 336 g/mol. The van der Waals surface area contributed by atoms with Crippen LogP contribution in [0.2, 0.25) is 0 Å². The Kier molecular flexibility index (Phi) is 4.18. The molecule has 132 valence electrons. The fraction of sp³-hybridized carbons (Fsp3) is 0.235. The maximum atomic E-state index is 11.0. The molecule has 1 aliphatic carbocycles. The van der Waals surface area contributed by atoms with Gasteiger partial charge in [-0.3, -0.25) is 10.1 Å². The second-order valence-electron chi connectivity index (χ2n) is 5.90. The molecule has 2 heterocycles. The van der Waals surface area contributed by atoms with Crippen molar-refractivity contribution in [2.24, 2.45) is 0 Å². The van der Waals surface area contributed by atoms with E-state index in [4.69, 9.17) is 9.15 Å². The first-order chi connectivity index (χ1) is 12.7. The second kappa shape index (κ2) is 6.79. The Morgan fingerprint density at radius 3 is 2.77 bits per heavy atom. The fourth-order valence-electron chi connectivity index (χ4n) is 2.32. The number of nitrogens with one attached hydrogen (secondary N) is 2. The number of rotatable bonds is 6. The molecule has 1 amide bonds. The summed E-state index contributed by atoms with van der Waals surface area (Å²) < 4.78 is 11.2. The Hall–Kier alpha value is -3.49. The van der Waals surface area contributed by atoms with Crippen LogP contribution in [0.15, 0.2) is 41.1 Å². The van der Waals surface area contributed by atoms with Crippen LogP contribution in [-0.2, 0) is 4.79 Å². The standard InChI is InChI=1S/C17H16N6O3/c1-10(24)20-12-4-6-13(7-5-12)25-17-22-15(9-19-23-17)21-16-18-8-14(26-16)11-2-3-11/h4-9,11H,2-3H2,1H3,(H,20,24)(H,18,21,22,23). The van der Waals surface area contributed by atoms with Gasteiger partial charge in [0.1, 0.15) is 11.5 Å². The Balaban J connectivity index is 1.42. The summed E-state index contributed by atoms with van der Waals surface area (Å²) in [6, 6.07) is 7.28. The Labute approximate surface area is 148 Å². The second-order valence-corrected chi connectivity index (χ2v) is 5.90. The molecule has 2 N–H and O–H groups in total. The molecule has 1 saturated carbocycles. The molecular formula is C17H16N6O3. The minimum atomic E-state index is -0.138. The zero-order valence-electron chi connectivity index (χ0n) is 14.0. The number of hydrogen-bond acceptors (Lipinski definition) is 8. The molecule has 9 nitrogen and oxygen atoms in total. The summed E-state index contributed by atoms with van der Waals surface area (Å²) in [5.41, 5.74) is 0.676. The molecule has 0 spiro atoms. The highest BCUT2D eigenvalue weighted by atomic mass is 16.5. The third-order valence-corrected chi connectivity index (χ3v) is 3.66. The third kappa shape index (κ3) is 3.94. The first-order valence-corrected chi connectivity index (χ1v) is 8.14. The molecule has 1 fully saturated rings. The first-order valence-electron chi connectivity index (χ1n) is 8.14. The van der Waals surface area contributed by atoms with Crippen LogP contribution in [0.5, 0.6) is 11.8 Å². The van der Waals surface area contributed by atoms with Gasteiger partial charge in [-0.25, -0.2) is 4.98 Å². The average molecular weight is 352 g/mol. The van der Waals surface area contributed by atoms with Crippen molar-refractivity contribution in [2.45, 2.75) is 25.7 Å². The van der Waals surface area contributed by atoms with Gasteiger partial charge in [0.2, 0.25) is 5.91 Å². The zero-order valence-corrected chi connectivity index (χ0v) is 14.0. The van der Waals surface area contributed by atoms with Gasteiger partial charge >= 0.3 is 12.0 Å². The number of carbonyl (C=O) groups excluding carboxylic acids is 1. The van der Waals surface area contributed by atoms with Gasteiger partial charge in [0.05, 0.1) is 12.4 Å². The monoisotopic (exact) mass is 352 g/mol. The van der Waals surface area contributed by atoms with Crippen molar-refractivity contribution in [3.63, 3.8) is 0 Å². The van der Waals surface area contributed by atoms with Gasteiger partial charge in [0.15, 0.2) is 5.82 Å². The predicted octanol–water partition coefficient (Wildman–Crippen LogP) is 3.23. The minimum absolute atomic E-state index is 0.0799. The van der Waals surface area contributed by atoms with E-state index >= 15 is 0 Å². The Morgan fingerprint density at radius 1 is 1.23 bits per heavy atom. The molecule has 3 aromatic rings. The van der Waals surface area contributed by atoms with Crippen molar-refractivity contribution >= 4 is 23.4 Å². The van der Waals surface area contributed by atoms with Gasteiger partial charge in [-0.1, -0.05) is 5.10 Å². The molecule has 26 heavy (non-hydrogen) atoms. The van der Waals surface area contributed by atoms with E-state index in [2.05, 4.69) is 30.8 Å². The number of amides is 1. The van der Waals surface area contributed by atoms with Crippen LogP contribution >= 0.6 is 0 Å². The fourth-order valence-corrected chi connectivity index (χ4v) is 2.32. The number of anilines is 3.